The highest BCUT2D eigenvalue weighted by atomic mass is 35.5. The number of anilines is 1. The van der Waals surface area contributed by atoms with Gasteiger partial charge in [0.15, 0.2) is 10.9 Å². The number of aromatic nitrogens is 2. The van der Waals surface area contributed by atoms with Crippen molar-refractivity contribution in [3.05, 3.63) is 45.0 Å². The minimum absolute atomic E-state index is 0.420. The van der Waals surface area contributed by atoms with Crippen molar-refractivity contribution in [1.29, 1.82) is 0 Å². The van der Waals surface area contributed by atoms with Crippen LogP contribution in [0.4, 0.5) is 5.82 Å². The van der Waals surface area contributed by atoms with Crippen molar-refractivity contribution in [2.45, 2.75) is 13.0 Å². The molecule has 1 aromatic carbocycles. The second-order valence-electron chi connectivity index (χ2n) is 5.76. The van der Waals surface area contributed by atoms with E-state index in [4.69, 9.17) is 47.0 Å². The standard InChI is InChI=1S/C16H20Cl3N5S/c1-23(2)8-4-7-20-16(25)21-15-14(19)10-24(22-15)9-11-12(17)5-3-6-13(11)18/h3,5-6,10H,4,7-9H2,1-2H3,(H2,20,21,22,25). The molecular weight excluding hydrogens is 401 g/mol. The molecule has 0 bridgehead atoms. The van der Waals surface area contributed by atoms with Crippen LogP contribution < -0.4 is 10.6 Å². The van der Waals surface area contributed by atoms with E-state index in [1.807, 2.05) is 14.1 Å². The minimum atomic E-state index is 0.420. The predicted molar refractivity (Wildman–Crippen MR) is 110 cm³/mol. The van der Waals surface area contributed by atoms with Crippen molar-refractivity contribution in [3.63, 3.8) is 0 Å². The molecule has 25 heavy (non-hydrogen) atoms. The van der Waals surface area contributed by atoms with Crippen molar-refractivity contribution in [3.8, 4) is 0 Å². The zero-order valence-electron chi connectivity index (χ0n) is 14.0. The molecule has 0 aliphatic carbocycles. The highest BCUT2D eigenvalue weighted by Crippen LogP contribution is 2.26. The van der Waals surface area contributed by atoms with Crippen LogP contribution in [-0.4, -0.2) is 47.0 Å². The molecule has 0 aliphatic rings. The Balaban J connectivity index is 1.94. The van der Waals surface area contributed by atoms with E-state index in [0.29, 0.717) is 32.5 Å². The number of hydrogen-bond acceptors (Lipinski definition) is 3. The molecule has 0 saturated carbocycles. The molecule has 0 fully saturated rings. The van der Waals surface area contributed by atoms with Crippen LogP contribution in [0.2, 0.25) is 15.1 Å². The van der Waals surface area contributed by atoms with Gasteiger partial charge in [-0.3, -0.25) is 4.68 Å². The molecule has 0 atom stereocenters. The normalized spacial score (nSPS) is 11.0. The van der Waals surface area contributed by atoms with Gasteiger partial charge in [0.05, 0.1) is 6.54 Å². The largest absolute Gasteiger partial charge is 0.362 e. The lowest BCUT2D eigenvalue weighted by Crippen LogP contribution is -2.31. The van der Waals surface area contributed by atoms with Crippen LogP contribution in [0.5, 0.6) is 0 Å². The topological polar surface area (TPSA) is 45.1 Å². The van der Waals surface area contributed by atoms with Crippen molar-refractivity contribution in [1.82, 2.24) is 20.0 Å². The van der Waals surface area contributed by atoms with E-state index < -0.39 is 0 Å². The summed E-state index contributed by atoms with van der Waals surface area (Å²) in [4.78, 5) is 2.12. The molecule has 0 amide bonds. The lowest BCUT2D eigenvalue weighted by molar-refractivity contribution is 0.400. The van der Waals surface area contributed by atoms with Crippen molar-refractivity contribution in [2.75, 3.05) is 32.5 Å². The summed E-state index contributed by atoms with van der Waals surface area (Å²) >= 11 is 23.9. The first-order valence-electron chi connectivity index (χ1n) is 7.72. The highest BCUT2D eigenvalue weighted by molar-refractivity contribution is 7.80. The SMILES string of the molecule is CN(C)CCCNC(=S)Nc1nn(Cc2c(Cl)cccc2Cl)cc1Cl. The second kappa shape index (κ2) is 9.59. The second-order valence-corrected chi connectivity index (χ2v) is 7.39. The maximum atomic E-state index is 6.23. The van der Waals surface area contributed by atoms with E-state index in [1.165, 1.54) is 0 Å². The lowest BCUT2D eigenvalue weighted by atomic mass is 10.2. The van der Waals surface area contributed by atoms with E-state index in [9.17, 15) is 0 Å². The molecule has 1 aromatic heterocycles. The summed E-state index contributed by atoms with van der Waals surface area (Å²) in [6, 6.07) is 5.39. The van der Waals surface area contributed by atoms with Gasteiger partial charge in [-0.2, -0.15) is 5.10 Å². The van der Waals surface area contributed by atoms with Gasteiger partial charge in [-0.15, -0.1) is 0 Å². The molecule has 5 nitrogen and oxygen atoms in total. The van der Waals surface area contributed by atoms with E-state index in [2.05, 4.69) is 20.6 Å². The smallest absolute Gasteiger partial charge is 0.173 e. The number of thiocarbonyl (C=S) groups is 1. The molecule has 1 heterocycles. The Morgan fingerprint density at radius 3 is 2.52 bits per heavy atom. The summed E-state index contributed by atoms with van der Waals surface area (Å²) in [5.41, 5.74) is 0.793. The van der Waals surface area contributed by atoms with E-state index in [0.717, 1.165) is 25.1 Å². The summed E-state index contributed by atoms with van der Waals surface area (Å²) in [6.07, 6.45) is 2.69. The van der Waals surface area contributed by atoms with Crippen molar-refractivity contribution >= 4 is 58.0 Å². The van der Waals surface area contributed by atoms with E-state index >= 15 is 0 Å². The fourth-order valence-corrected chi connectivity index (χ4v) is 3.07. The average Bonchev–Trinajstić information content (AvgIpc) is 2.87. The van der Waals surface area contributed by atoms with Gasteiger partial charge in [0.2, 0.25) is 0 Å². The molecule has 136 valence electrons. The van der Waals surface area contributed by atoms with Crippen LogP contribution in [0.1, 0.15) is 12.0 Å². The first kappa shape index (κ1) is 20.3. The van der Waals surface area contributed by atoms with Crippen LogP contribution >= 0.6 is 47.0 Å². The Kier molecular flexibility index (Phi) is 7.78. The fourth-order valence-electron chi connectivity index (χ4n) is 2.16. The molecule has 2 rings (SSSR count). The van der Waals surface area contributed by atoms with Crippen molar-refractivity contribution in [2.24, 2.45) is 0 Å². The average molecular weight is 421 g/mol. The van der Waals surface area contributed by atoms with E-state index in [-0.39, 0.29) is 0 Å². The molecular formula is C16H20Cl3N5S. The first-order chi connectivity index (χ1) is 11.9. The third-order valence-corrected chi connectivity index (χ3v) is 4.63. The Morgan fingerprint density at radius 1 is 1.20 bits per heavy atom. The fraction of sp³-hybridized carbons (Fsp3) is 0.375. The van der Waals surface area contributed by atoms with Crippen LogP contribution in [0.3, 0.4) is 0 Å². The Morgan fingerprint density at radius 2 is 1.88 bits per heavy atom. The summed E-state index contributed by atoms with van der Waals surface area (Å²) in [6.45, 7) is 2.18. The van der Waals surface area contributed by atoms with Crippen LogP contribution in [0, 0.1) is 0 Å². The zero-order valence-corrected chi connectivity index (χ0v) is 17.1. The van der Waals surface area contributed by atoms with Crippen LogP contribution in [0.15, 0.2) is 24.4 Å². The Labute approximate surface area is 168 Å². The van der Waals surface area contributed by atoms with Gasteiger partial charge in [-0.1, -0.05) is 40.9 Å². The molecule has 9 heteroatoms. The first-order valence-corrected chi connectivity index (χ1v) is 9.26. The van der Waals surface area contributed by atoms with Gasteiger partial charge >= 0.3 is 0 Å². The van der Waals surface area contributed by atoms with Crippen molar-refractivity contribution < 1.29 is 0 Å². The molecule has 0 saturated heterocycles. The van der Waals surface area contributed by atoms with Gasteiger partial charge in [0, 0.05) is 28.4 Å². The maximum Gasteiger partial charge on any atom is 0.173 e. The van der Waals surface area contributed by atoms with Gasteiger partial charge < -0.3 is 15.5 Å². The Bertz CT molecular complexity index is 712. The number of benzene rings is 1. The summed E-state index contributed by atoms with van der Waals surface area (Å²) < 4.78 is 1.67. The van der Waals surface area contributed by atoms with E-state index in [1.54, 1.807) is 29.1 Å². The minimum Gasteiger partial charge on any atom is -0.362 e. The third-order valence-electron chi connectivity index (χ3n) is 3.40. The van der Waals surface area contributed by atoms with Crippen LogP contribution in [0.25, 0.3) is 0 Å². The maximum absolute atomic E-state index is 6.23. The lowest BCUT2D eigenvalue weighted by Gasteiger charge is -2.11. The highest BCUT2D eigenvalue weighted by Gasteiger charge is 2.12. The summed E-state index contributed by atoms with van der Waals surface area (Å²) in [7, 11) is 4.07. The van der Waals surface area contributed by atoms with Gasteiger partial charge in [-0.05, 0) is 51.4 Å². The summed E-state index contributed by atoms with van der Waals surface area (Å²) in [5, 5.41) is 12.7. The number of hydrogen-bond donors (Lipinski definition) is 2. The Hall–Kier alpha value is -1.05. The zero-order chi connectivity index (χ0) is 18.4. The molecule has 0 spiro atoms. The monoisotopic (exact) mass is 419 g/mol. The molecule has 2 N–H and O–H groups in total. The molecule has 0 aliphatic heterocycles. The predicted octanol–water partition coefficient (Wildman–Crippen LogP) is 4.13. The number of rotatable bonds is 7. The number of nitrogens with one attached hydrogen (secondary N) is 2. The third kappa shape index (κ3) is 6.31. The number of halogens is 3. The molecule has 0 unspecified atom stereocenters. The van der Waals surface area contributed by atoms with Gasteiger partial charge in [0.25, 0.3) is 0 Å². The quantitative estimate of drug-likeness (QED) is 0.521. The van der Waals surface area contributed by atoms with Crippen LogP contribution in [-0.2, 0) is 6.54 Å². The number of nitrogens with zero attached hydrogens (tertiary/aromatic N) is 3. The molecule has 0 radical (unpaired) electrons. The molecule has 2 aromatic rings. The summed E-state index contributed by atoms with van der Waals surface area (Å²) in [5.74, 6) is 0.495. The van der Waals surface area contributed by atoms with Gasteiger partial charge in [0.1, 0.15) is 5.02 Å². The van der Waals surface area contributed by atoms with Gasteiger partial charge in [-0.25, -0.2) is 0 Å².